The van der Waals surface area contributed by atoms with Crippen LogP contribution in [-0.2, 0) is 11.3 Å². The average molecular weight is 236 g/mol. The van der Waals surface area contributed by atoms with Gasteiger partial charge in [-0.25, -0.2) is 0 Å². The molecule has 1 aromatic rings. The minimum Gasteiger partial charge on any atom is -0.339 e. The van der Waals surface area contributed by atoms with E-state index in [1.807, 2.05) is 31.9 Å². The van der Waals surface area contributed by atoms with Crippen LogP contribution in [-0.4, -0.2) is 46.8 Å². The molecule has 1 fully saturated rings. The number of likely N-dealkylation sites (N-methyl/N-ethyl adjacent to an activating group) is 1. The zero-order chi connectivity index (χ0) is 12.4. The molecule has 0 bridgehead atoms. The first-order valence-corrected chi connectivity index (χ1v) is 6.06. The predicted octanol–water partition coefficient (Wildman–Crippen LogP) is 0.320. The molecule has 1 aliphatic rings. The fourth-order valence-electron chi connectivity index (χ4n) is 2.29. The number of aromatic nitrogens is 2. The van der Waals surface area contributed by atoms with Gasteiger partial charge in [0.2, 0.25) is 5.91 Å². The van der Waals surface area contributed by atoms with Gasteiger partial charge in [0.25, 0.3) is 0 Å². The second-order valence-corrected chi connectivity index (χ2v) is 4.70. The second-order valence-electron chi connectivity index (χ2n) is 4.70. The summed E-state index contributed by atoms with van der Waals surface area (Å²) in [5, 5.41) is 7.53. The van der Waals surface area contributed by atoms with Crippen molar-refractivity contribution in [3.63, 3.8) is 0 Å². The molecule has 1 aromatic heterocycles. The van der Waals surface area contributed by atoms with Gasteiger partial charge >= 0.3 is 0 Å². The van der Waals surface area contributed by atoms with Crippen LogP contribution in [0.3, 0.4) is 0 Å². The standard InChI is InChI=1S/C12H20N4O/c1-9-6-10(2)16(14-9)8-12(17)15-5-4-11(7-15)13-3/h6,11,13H,4-5,7-8H2,1-3H3. The molecular weight excluding hydrogens is 216 g/mol. The molecule has 2 rings (SSSR count). The summed E-state index contributed by atoms with van der Waals surface area (Å²) in [7, 11) is 1.94. The third-order valence-corrected chi connectivity index (χ3v) is 3.34. The van der Waals surface area contributed by atoms with Gasteiger partial charge in [-0.15, -0.1) is 0 Å². The molecule has 1 saturated heterocycles. The van der Waals surface area contributed by atoms with Crippen molar-refractivity contribution < 1.29 is 4.79 Å². The maximum Gasteiger partial charge on any atom is 0.244 e. The first-order chi connectivity index (χ1) is 8.10. The minimum absolute atomic E-state index is 0.161. The number of rotatable bonds is 3. The first-order valence-electron chi connectivity index (χ1n) is 6.06. The molecule has 1 N–H and O–H groups in total. The molecule has 17 heavy (non-hydrogen) atoms. The number of hydrogen-bond acceptors (Lipinski definition) is 3. The molecule has 1 unspecified atom stereocenters. The van der Waals surface area contributed by atoms with Gasteiger partial charge in [-0.05, 0) is 33.4 Å². The van der Waals surface area contributed by atoms with E-state index in [9.17, 15) is 4.79 Å². The van der Waals surface area contributed by atoms with E-state index in [1.54, 1.807) is 4.68 Å². The number of nitrogens with zero attached hydrogens (tertiary/aromatic N) is 3. The number of nitrogens with one attached hydrogen (secondary N) is 1. The summed E-state index contributed by atoms with van der Waals surface area (Å²) in [6.07, 6.45) is 1.04. The van der Waals surface area contributed by atoms with E-state index in [0.29, 0.717) is 12.6 Å². The van der Waals surface area contributed by atoms with Gasteiger partial charge < -0.3 is 10.2 Å². The van der Waals surface area contributed by atoms with Gasteiger partial charge in [0.05, 0.1) is 5.69 Å². The Morgan fingerprint density at radius 1 is 1.59 bits per heavy atom. The number of carbonyl (C=O) groups excluding carboxylic acids is 1. The van der Waals surface area contributed by atoms with Crippen molar-refractivity contribution >= 4 is 5.91 Å². The van der Waals surface area contributed by atoms with Gasteiger partial charge in [0.15, 0.2) is 0 Å². The third-order valence-electron chi connectivity index (χ3n) is 3.34. The fraction of sp³-hybridized carbons (Fsp3) is 0.667. The van der Waals surface area contributed by atoms with Crippen molar-refractivity contribution in [2.75, 3.05) is 20.1 Å². The molecule has 0 saturated carbocycles. The highest BCUT2D eigenvalue weighted by atomic mass is 16.2. The van der Waals surface area contributed by atoms with Gasteiger partial charge in [-0.2, -0.15) is 5.10 Å². The van der Waals surface area contributed by atoms with E-state index in [1.165, 1.54) is 0 Å². The van der Waals surface area contributed by atoms with Gasteiger partial charge in [-0.1, -0.05) is 0 Å². The maximum atomic E-state index is 12.1. The molecule has 0 spiro atoms. The van der Waals surface area contributed by atoms with Crippen molar-refractivity contribution in [1.82, 2.24) is 20.0 Å². The lowest BCUT2D eigenvalue weighted by molar-refractivity contribution is -0.131. The lowest BCUT2D eigenvalue weighted by Gasteiger charge is -2.16. The minimum atomic E-state index is 0.161. The molecule has 1 aliphatic heterocycles. The highest BCUT2D eigenvalue weighted by molar-refractivity contribution is 5.76. The smallest absolute Gasteiger partial charge is 0.244 e. The Morgan fingerprint density at radius 2 is 2.35 bits per heavy atom. The molecule has 0 aromatic carbocycles. The summed E-state index contributed by atoms with van der Waals surface area (Å²) < 4.78 is 1.78. The Bertz CT molecular complexity index is 413. The summed E-state index contributed by atoms with van der Waals surface area (Å²) in [5.41, 5.74) is 2.00. The molecule has 0 aliphatic carbocycles. The van der Waals surface area contributed by atoms with Gasteiger partial charge in [0.1, 0.15) is 6.54 Å². The van der Waals surface area contributed by atoms with E-state index in [4.69, 9.17) is 0 Å². The Hall–Kier alpha value is -1.36. The quantitative estimate of drug-likeness (QED) is 0.822. The third kappa shape index (κ3) is 2.66. The molecule has 94 valence electrons. The van der Waals surface area contributed by atoms with E-state index >= 15 is 0 Å². The second kappa shape index (κ2) is 4.87. The molecule has 5 nitrogen and oxygen atoms in total. The number of likely N-dealkylation sites (tertiary alicyclic amines) is 1. The van der Waals surface area contributed by atoms with E-state index in [-0.39, 0.29) is 5.91 Å². The molecule has 1 amide bonds. The summed E-state index contributed by atoms with van der Waals surface area (Å²) in [4.78, 5) is 14.0. The lowest BCUT2D eigenvalue weighted by Crippen LogP contribution is -2.35. The zero-order valence-corrected chi connectivity index (χ0v) is 10.7. The van der Waals surface area contributed by atoms with E-state index < -0.39 is 0 Å². The SMILES string of the molecule is CNC1CCN(C(=O)Cn2nc(C)cc2C)C1. The molecular formula is C12H20N4O. The van der Waals surface area contributed by atoms with Crippen LogP contribution in [0.2, 0.25) is 0 Å². The molecule has 2 heterocycles. The largest absolute Gasteiger partial charge is 0.339 e. The molecule has 5 heteroatoms. The van der Waals surface area contributed by atoms with Crippen molar-refractivity contribution in [1.29, 1.82) is 0 Å². The predicted molar refractivity (Wildman–Crippen MR) is 65.7 cm³/mol. The maximum absolute atomic E-state index is 12.1. The van der Waals surface area contributed by atoms with Crippen LogP contribution in [0.5, 0.6) is 0 Å². The van der Waals surface area contributed by atoms with Crippen LogP contribution in [0, 0.1) is 13.8 Å². The van der Waals surface area contributed by atoms with Crippen LogP contribution in [0.15, 0.2) is 6.07 Å². The van der Waals surface area contributed by atoms with Crippen LogP contribution in [0.1, 0.15) is 17.8 Å². The highest BCUT2D eigenvalue weighted by Crippen LogP contribution is 2.10. The van der Waals surface area contributed by atoms with E-state index in [0.717, 1.165) is 30.9 Å². The van der Waals surface area contributed by atoms with Gasteiger partial charge in [0, 0.05) is 24.8 Å². The lowest BCUT2D eigenvalue weighted by atomic mass is 10.3. The van der Waals surface area contributed by atoms with Crippen LogP contribution >= 0.6 is 0 Å². The van der Waals surface area contributed by atoms with E-state index in [2.05, 4.69) is 10.4 Å². The topological polar surface area (TPSA) is 50.2 Å². The molecule has 0 radical (unpaired) electrons. The summed E-state index contributed by atoms with van der Waals surface area (Å²) in [6, 6.07) is 2.44. The van der Waals surface area contributed by atoms with Crippen LogP contribution in [0.4, 0.5) is 0 Å². The average Bonchev–Trinajstić information content (AvgIpc) is 2.86. The highest BCUT2D eigenvalue weighted by Gasteiger charge is 2.25. The number of amides is 1. The number of hydrogen-bond donors (Lipinski definition) is 1. The van der Waals surface area contributed by atoms with Crippen molar-refractivity contribution in [3.05, 3.63) is 17.5 Å². The van der Waals surface area contributed by atoms with Crippen LogP contribution in [0.25, 0.3) is 0 Å². The Balaban J connectivity index is 1.96. The number of carbonyl (C=O) groups is 1. The van der Waals surface area contributed by atoms with Gasteiger partial charge in [-0.3, -0.25) is 9.48 Å². The van der Waals surface area contributed by atoms with Crippen molar-refractivity contribution in [2.45, 2.75) is 32.9 Å². The van der Waals surface area contributed by atoms with Crippen LogP contribution < -0.4 is 5.32 Å². The normalized spacial score (nSPS) is 19.9. The number of aryl methyl sites for hydroxylation is 2. The Labute approximate surface area is 102 Å². The zero-order valence-electron chi connectivity index (χ0n) is 10.7. The Morgan fingerprint density at radius 3 is 2.88 bits per heavy atom. The summed E-state index contributed by atoms with van der Waals surface area (Å²) in [6.45, 7) is 5.95. The van der Waals surface area contributed by atoms with Crippen molar-refractivity contribution in [2.24, 2.45) is 0 Å². The first kappa shape index (κ1) is 12.1. The van der Waals surface area contributed by atoms with Crippen molar-refractivity contribution in [3.8, 4) is 0 Å². The summed E-state index contributed by atoms with van der Waals surface area (Å²) >= 11 is 0. The summed E-state index contributed by atoms with van der Waals surface area (Å²) in [5.74, 6) is 0.161. The monoisotopic (exact) mass is 236 g/mol. The Kier molecular flexibility index (Phi) is 3.47. The molecule has 1 atom stereocenters. The fourth-order valence-corrected chi connectivity index (χ4v) is 2.29.